The average molecular weight is 436 g/mol. The van der Waals surface area contributed by atoms with Gasteiger partial charge in [-0.15, -0.1) is 0 Å². The van der Waals surface area contributed by atoms with Crippen molar-refractivity contribution in [2.24, 2.45) is 0 Å². The van der Waals surface area contributed by atoms with Crippen LogP contribution in [0.2, 0.25) is 0 Å². The van der Waals surface area contributed by atoms with E-state index in [4.69, 9.17) is 0 Å². The van der Waals surface area contributed by atoms with Crippen LogP contribution < -0.4 is 5.32 Å². The predicted molar refractivity (Wildman–Crippen MR) is 95.5 cm³/mol. The smallest absolute Gasteiger partial charge is 0.326 e. The van der Waals surface area contributed by atoms with Gasteiger partial charge >= 0.3 is 6.18 Å². The van der Waals surface area contributed by atoms with Crippen LogP contribution in [0.25, 0.3) is 0 Å². The van der Waals surface area contributed by atoms with Crippen LogP contribution in [0.1, 0.15) is 18.4 Å². The summed E-state index contributed by atoms with van der Waals surface area (Å²) in [5.41, 5.74) is -1.73. The number of carbonyl (C=O) groups is 1. The Kier molecular flexibility index (Phi) is 6.96. The average Bonchev–Trinajstić information content (AvgIpc) is 2.62. The monoisotopic (exact) mass is 436 g/mol. The van der Waals surface area contributed by atoms with Crippen LogP contribution in [0, 0.1) is 11.6 Å². The van der Waals surface area contributed by atoms with E-state index >= 15 is 0 Å². The molecule has 0 atom stereocenters. The summed E-state index contributed by atoms with van der Waals surface area (Å²) in [6, 6.07) is 6.31. The number of hydrogen-bond donors (Lipinski definition) is 1. The van der Waals surface area contributed by atoms with Crippen molar-refractivity contribution in [1.82, 2.24) is 4.31 Å². The maximum absolute atomic E-state index is 13.3. The number of carbonyl (C=O) groups excluding carboxylic acids is 1. The van der Waals surface area contributed by atoms with Gasteiger partial charge in [0.15, 0.2) is 0 Å². The summed E-state index contributed by atoms with van der Waals surface area (Å²) in [6.07, 6.45) is -5.00. The summed E-state index contributed by atoms with van der Waals surface area (Å²) in [7, 11) is -2.59. The highest BCUT2D eigenvalue weighted by atomic mass is 32.2. The maximum atomic E-state index is 13.3. The standard InChI is InChI=1S/C18H17F5N2O3S/c1-25(29(27,28)14-7-4-12(19)5-8-14)10-2-3-17(26)24-13-6-9-16(20)15(11-13)18(21,22)23/h4-9,11H,2-3,10H2,1H3,(H,24,26). The van der Waals surface area contributed by atoms with E-state index in [9.17, 15) is 35.2 Å². The zero-order valence-electron chi connectivity index (χ0n) is 15.1. The number of nitrogens with zero attached hydrogens (tertiary/aromatic N) is 1. The van der Waals surface area contributed by atoms with E-state index in [1.165, 1.54) is 7.05 Å². The lowest BCUT2D eigenvalue weighted by molar-refractivity contribution is -0.140. The summed E-state index contributed by atoms with van der Waals surface area (Å²) in [6.45, 7) is -0.0512. The van der Waals surface area contributed by atoms with E-state index in [0.717, 1.165) is 34.6 Å². The first-order valence-corrected chi connectivity index (χ1v) is 9.74. The molecule has 0 saturated heterocycles. The molecule has 0 unspecified atom stereocenters. The second-order valence-corrected chi connectivity index (χ2v) is 8.17. The quantitative estimate of drug-likeness (QED) is 0.667. The summed E-state index contributed by atoms with van der Waals surface area (Å²) < 4.78 is 89.9. The highest BCUT2D eigenvalue weighted by Crippen LogP contribution is 2.33. The van der Waals surface area contributed by atoms with Gasteiger partial charge in [0, 0.05) is 25.7 Å². The molecule has 2 rings (SSSR count). The predicted octanol–water partition coefficient (Wildman–Crippen LogP) is 4.02. The number of anilines is 1. The lowest BCUT2D eigenvalue weighted by Gasteiger charge is -2.17. The number of benzene rings is 2. The number of sulfonamides is 1. The van der Waals surface area contributed by atoms with Crippen LogP contribution in [0.15, 0.2) is 47.4 Å². The van der Waals surface area contributed by atoms with Crippen LogP contribution in [-0.4, -0.2) is 32.2 Å². The molecule has 2 aromatic rings. The molecule has 0 aliphatic rings. The molecule has 0 spiro atoms. The second-order valence-electron chi connectivity index (χ2n) is 6.12. The molecule has 29 heavy (non-hydrogen) atoms. The summed E-state index contributed by atoms with van der Waals surface area (Å²) >= 11 is 0. The highest BCUT2D eigenvalue weighted by molar-refractivity contribution is 7.89. The van der Waals surface area contributed by atoms with E-state index in [2.05, 4.69) is 5.32 Å². The van der Waals surface area contributed by atoms with E-state index in [-0.39, 0.29) is 30.0 Å². The minimum absolute atomic E-state index is 0.0512. The molecule has 1 N–H and O–H groups in total. The first-order valence-electron chi connectivity index (χ1n) is 8.30. The number of rotatable bonds is 7. The Morgan fingerprint density at radius 1 is 1.07 bits per heavy atom. The van der Waals surface area contributed by atoms with Crippen LogP contribution in [-0.2, 0) is 21.0 Å². The second kappa shape index (κ2) is 8.87. The van der Waals surface area contributed by atoms with Crippen LogP contribution in [0.4, 0.5) is 27.6 Å². The number of halogens is 5. The molecule has 0 aromatic heterocycles. The van der Waals surface area contributed by atoms with Gasteiger partial charge in [0.05, 0.1) is 10.5 Å². The molecule has 0 aliphatic heterocycles. The van der Waals surface area contributed by atoms with Crippen molar-refractivity contribution in [1.29, 1.82) is 0 Å². The van der Waals surface area contributed by atoms with Crippen molar-refractivity contribution in [2.45, 2.75) is 23.9 Å². The van der Waals surface area contributed by atoms with E-state index in [0.29, 0.717) is 12.1 Å². The summed E-state index contributed by atoms with van der Waals surface area (Å²) in [5.74, 6) is -2.70. The van der Waals surface area contributed by atoms with Crippen LogP contribution in [0.3, 0.4) is 0 Å². The normalized spacial score (nSPS) is 12.2. The Hall–Kier alpha value is -2.53. The molecule has 158 valence electrons. The third-order valence-electron chi connectivity index (χ3n) is 3.95. The topological polar surface area (TPSA) is 66.5 Å². The van der Waals surface area contributed by atoms with Crippen molar-refractivity contribution in [3.8, 4) is 0 Å². The molecule has 1 amide bonds. The SMILES string of the molecule is CN(CCCC(=O)Nc1ccc(F)c(C(F)(F)F)c1)S(=O)(=O)c1ccc(F)cc1. The van der Waals surface area contributed by atoms with Crippen molar-refractivity contribution >= 4 is 21.6 Å². The van der Waals surface area contributed by atoms with Gasteiger partial charge in [-0.3, -0.25) is 4.79 Å². The van der Waals surface area contributed by atoms with Crippen molar-refractivity contribution in [3.05, 3.63) is 59.7 Å². The molecule has 5 nitrogen and oxygen atoms in total. The van der Waals surface area contributed by atoms with Crippen molar-refractivity contribution in [2.75, 3.05) is 18.9 Å². The first kappa shape index (κ1) is 22.8. The highest BCUT2D eigenvalue weighted by Gasteiger charge is 2.34. The largest absolute Gasteiger partial charge is 0.419 e. The van der Waals surface area contributed by atoms with Gasteiger partial charge in [0.2, 0.25) is 15.9 Å². The molecule has 0 bridgehead atoms. The fraction of sp³-hybridized carbons (Fsp3) is 0.278. The molecule has 0 saturated carbocycles. The molecular weight excluding hydrogens is 419 g/mol. The number of hydrogen-bond acceptors (Lipinski definition) is 3. The summed E-state index contributed by atoms with van der Waals surface area (Å²) in [4.78, 5) is 11.8. The molecular formula is C18H17F5N2O3S. The van der Waals surface area contributed by atoms with Gasteiger partial charge in [-0.05, 0) is 48.9 Å². The molecule has 2 aromatic carbocycles. The van der Waals surface area contributed by atoms with Gasteiger partial charge in [-0.1, -0.05) is 0 Å². The molecule has 0 radical (unpaired) electrons. The Morgan fingerprint density at radius 3 is 2.28 bits per heavy atom. The van der Waals surface area contributed by atoms with Gasteiger partial charge < -0.3 is 5.32 Å². The van der Waals surface area contributed by atoms with E-state index in [1.54, 1.807) is 0 Å². The third-order valence-corrected chi connectivity index (χ3v) is 5.83. The minimum Gasteiger partial charge on any atom is -0.326 e. The van der Waals surface area contributed by atoms with Gasteiger partial charge in [-0.25, -0.2) is 21.5 Å². The summed E-state index contributed by atoms with van der Waals surface area (Å²) in [5, 5.41) is 2.22. The van der Waals surface area contributed by atoms with Crippen LogP contribution in [0.5, 0.6) is 0 Å². The Labute approximate surface area is 164 Å². The van der Waals surface area contributed by atoms with Crippen LogP contribution >= 0.6 is 0 Å². The maximum Gasteiger partial charge on any atom is 0.419 e. The Morgan fingerprint density at radius 2 is 1.69 bits per heavy atom. The van der Waals surface area contributed by atoms with E-state index in [1.807, 2.05) is 0 Å². The lowest BCUT2D eigenvalue weighted by Crippen LogP contribution is -2.28. The zero-order valence-corrected chi connectivity index (χ0v) is 15.9. The fourth-order valence-electron chi connectivity index (χ4n) is 2.41. The minimum atomic E-state index is -4.90. The fourth-order valence-corrected chi connectivity index (χ4v) is 3.62. The molecule has 0 fully saturated rings. The molecule has 0 aliphatic carbocycles. The van der Waals surface area contributed by atoms with Crippen molar-refractivity contribution < 1.29 is 35.2 Å². The number of nitrogens with one attached hydrogen (secondary N) is 1. The zero-order chi connectivity index (χ0) is 21.8. The van der Waals surface area contributed by atoms with Crippen molar-refractivity contribution in [3.63, 3.8) is 0 Å². The Balaban J connectivity index is 1.92. The lowest BCUT2D eigenvalue weighted by atomic mass is 10.1. The van der Waals surface area contributed by atoms with Gasteiger partial charge in [-0.2, -0.15) is 13.2 Å². The third kappa shape index (κ3) is 5.97. The van der Waals surface area contributed by atoms with Gasteiger partial charge in [0.25, 0.3) is 0 Å². The first-order chi connectivity index (χ1) is 13.4. The van der Waals surface area contributed by atoms with E-state index < -0.39 is 39.3 Å². The van der Waals surface area contributed by atoms with Gasteiger partial charge in [0.1, 0.15) is 11.6 Å². The number of amides is 1. The Bertz CT molecular complexity index is 976. The molecule has 11 heteroatoms. The molecule has 0 heterocycles. The number of alkyl halides is 3.